The predicted molar refractivity (Wildman–Crippen MR) is 66.0 cm³/mol. The maximum atomic E-state index is 11.5. The van der Waals surface area contributed by atoms with Gasteiger partial charge in [-0.15, -0.1) is 6.42 Å². The number of esters is 1. The van der Waals surface area contributed by atoms with Gasteiger partial charge in [0.25, 0.3) is 0 Å². The third-order valence-electron chi connectivity index (χ3n) is 2.51. The quantitative estimate of drug-likeness (QED) is 0.508. The number of hydrogen-bond donors (Lipinski definition) is 1. The Morgan fingerprint density at radius 2 is 2.06 bits per heavy atom. The Kier molecular flexibility index (Phi) is 8.65. The highest BCUT2D eigenvalue weighted by atomic mass is 16.5. The van der Waals surface area contributed by atoms with Crippen molar-refractivity contribution in [2.75, 3.05) is 7.11 Å². The van der Waals surface area contributed by atoms with Crippen LogP contribution in [0.1, 0.15) is 46.0 Å². The molecule has 3 heteroatoms. The van der Waals surface area contributed by atoms with Gasteiger partial charge in [-0.25, -0.2) is 0 Å². The summed E-state index contributed by atoms with van der Waals surface area (Å²) in [5, 5.41) is 3.18. The molecule has 0 aromatic rings. The first-order valence-electron chi connectivity index (χ1n) is 5.99. The summed E-state index contributed by atoms with van der Waals surface area (Å²) < 4.78 is 4.76. The zero-order chi connectivity index (χ0) is 12.4. The Balaban J connectivity index is 4.28. The molecule has 0 saturated heterocycles. The molecule has 0 aliphatic rings. The van der Waals surface area contributed by atoms with E-state index in [-0.39, 0.29) is 18.1 Å². The van der Waals surface area contributed by atoms with Gasteiger partial charge in [0.05, 0.1) is 13.2 Å². The standard InChI is InChI=1S/C13H23NO2/c1-5-8-10-12(13(15)16-4)14-11(7-3)9-6-2/h3,11-12,14H,5-6,8-10H2,1-2,4H3. The second-order valence-electron chi connectivity index (χ2n) is 3.89. The summed E-state index contributed by atoms with van der Waals surface area (Å²) in [7, 11) is 1.41. The molecule has 0 aliphatic heterocycles. The normalized spacial score (nSPS) is 13.9. The second kappa shape index (κ2) is 9.23. The lowest BCUT2D eigenvalue weighted by atomic mass is 10.1. The van der Waals surface area contributed by atoms with E-state index in [9.17, 15) is 4.79 Å². The van der Waals surface area contributed by atoms with Crippen LogP contribution in [0, 0.1) is 12.3 Å². The van der Waals surface area contributed by atoms with Gasteiger partial charge in [-0.3, -0.25) is 10.1 Å². The smallest absolute Gasteiger partial charge is 0.322 e. The Labute approximate surface area is 98.9 Å². The van der Waals surface area contributed by atoms with Crippen LogP contribution in [0.4, 0.5) is 0 Å². The summed E-state index contributed by atoms with van der Waals surface area (Å²) in [5.74, 6) is 2.45. The Bertz CT molecular complexity index is 233. The molecule has 1 N–H and O–H groups in total. The number of methoxy groups -OCH3 is 1. The summed E-state index contributed by atoms with van der Waals surface area (Å²) >= 11 is 0. The molecular formula is C13H23NO2. The van der Waals surface area contributed by atoms with E-state index in [0.29, 0.717) is 0 Å². The number of ether oxygens (including phenoxy) is 1. The molecule has 0 aromatic heterocycles. The van der Waals surface area contributed by atoms with Gasteiger partial charge in [0.1, 0.15) is 6.04 Å². The highest BCUT2D eigenvalue weighted by Gasteiger charge is 2.20. The van der Waals surface area contributed by atoms with Gasteiger partial charge in [-0.05, 0) is 12.8 Å². The average Bonchev–Trinajstić information content (AvgIpc) is 2.32. The maximum Gasteiger partial charge on any atom is 0.322 e. The van der Waals surface area contributed by atoms with Gasteiger partial charge in [-0.2, -0.15) is 0 Å². The summed E-state index contributed by atoms with van der Waals surface area (Å²) in [4.78, 5) is 11.5. The lowest BCUT2D eigenvalue weighted by Gasteiger charge is -2.20. The molecule has 0 aromatic carbocycles. The number of nitrogens with one attached hydrogen (secondary N) is 1. The largest absolute Gasteiger partial charge is 0.468 e. The fraction of sp³-hybridized carbons (Fsp3) is 0.769. The van der Waals surface area contributed by atoms with Crippen molar-refractivity contribution in [3.63, 3.8) is 0 Å². The molecule has 0 amide bonds. The van der Waals surface area contributed by atoms with Crippen molar-refractivity contribution in [3.05, 3.63) is 0 Å². The van der Waals surface area contributed by atoms with Crippen molar-refractivity contribution in [2.24, 2.45) is 0 Å². The molecule has 0 bridgehead atoms. The minimum absolute atomic E-state index is 0.0362. The van der Waals surface area contributed by atoms with Crippen LogP contribution in [0.3, 0.4) is 0 Å². The van der Waals surface area contributed by atoms with E-state index >= 15 is 0 Å². The number of hydrogen-bond acceptors (Lipinski definition) is 3. The Hall–Kier alpha value is -1.01. The van der Waals surface area contributed by atoms with E-state index < -0.39 is 0 Å². The molecule has 0 saturated carbocycles. The Morgan fingerprint density at radius 3 is 2.50 bits per heavy atom. The molecule has 92 valence electrons. The van der Waals surface area contributed by atoms with Crippen LogP contribution in [-0.2, 0) is 9.53 Å². The number of terminal acetylenes is 1. The van der Waals surface area contributed by atoms with E-state index in [4.69, 9.17) is 11.2 Å². The molecule has 0 radical (unpaired) electrons. The van der Waals surface area contributed by atoms with Gasteiger partial charge in [0, 0.05) is 0 Å². The lowest BCUT2D eigenvalue weighted by Crippen LogP contribution is -2.43. The number of carbonyl (C=O) groups excluding carboxylic acids is 1. The molecule has 0 aliphatic carbocycles. The first-order chi connectivity index (χ1) is 7.69. The zero-order valence-corrected chi connectivity index (χ0v) is 10.6. The molecule has 0 rings (SSSR count). The molecule has 0 spiro atoms. The first kappa shape index (κ1) is 15.0. The van der Waals surface area contributed by atoms with Gasteiger partial charge < -0.3 is 4.74 Å². The van der Waals surface area contributed by atoms with E-state index in [1.54, 1.807) is 0 Å². The SMILES string of the molecule is C#CC(CCC)NC(CCCC)C(=O)OC. The van der Waals surface area contributed by atoms with Crippen molar-refractivity contribution in [1.29, 1.82) is 0 Å². The Morgan fingerprint density at radius 1 is 1.38 bits per heavy atom. The fourth-order valence-electron chi connectivity index (χ4n) is 1.57. The van der Waals surface area contributed by atoms with E-state index in [2.05, 4.69) is 25.1 Å². The third kappa shape index (κ3) is 5.77. The van der Waals surface area contributed by atoms with Crippen molar-refractivity contribution < 1.29 is 9.53 Å². The first-order valence-corrected chi connectivity index (χ1v) is 5.99. The minimum Gasteiger partial charge on any atom is -0.468 e. The fourth-order valence-corrected chi connectivity index (χ4v) is 1.57. The van der Waals surface area contributed by atoms with Gasteiger partial charge in [-0.1, -0.05) is 39.0 Å². The van der Waals surface area contributed by atoms with Crippen LogP contribution in [0.25, 0.3) is 0 Å². The van der Waals surface area contributed by atoms with E-state index in [1.165, 1.54) is 7.11 Å². The van der Waals surface area contributed by atoms with Gasteiger partial charge in [0.15, 0.2) is 0 Å². The minimum atomic E-state index is -0.266. The molecular weight excluding hydrogens is 202 g/mol. The summed E-state index contributed by atoms with van der Waals surface area (Å²) in [6, 6.07) is -0.302. The van der Waals surface area contributed by atoms with Gasteiger partial charge in [0.2, 0.25) is 0 Å². The van der Waals surface area contributed by atoms with Crippen molar-refractivity contribution in [2.45, 2.75) is 58.0 Å². The number of unbranched alkanes of at least 4 members (excludes halogenated alkanes) is 1. The van der Waals surface area contributed by atoms with Crippen LogP contribution in [-0.4, -0.2) is 25.2 Å². The highest BCUT2D eigenvalue weighted by molar-refractivity contribution is 5.75. The topological polar surface area (TPSA) is 38.3 Å². The molecule has 0 fully saturated rings. The van der Waals surface area contributed by atoms with E-state index in [0.717, 1.165) is 32.1 Å². The third-order valence-corrected chi connectivity index (χ3v) is 2.51. The predicted octanol–water partition coefficient (Wildman–Crippen LogP) is 2.11. The van der Waals surface area contributed by atoms with Crippen LogP contribution in [0.2, 0.25) is 0 Å². The number of carbonyl (C=O) groups is 1. The molecule has 2 atom stereocenters. The van der Waals surface area contributed by atoms with Gasteiger partial charge >= 0.3 is 5.97 Å². The highest BCUT2D eigenvalue weighted by Crippen LogP contribution is 2.05. The average molecular weight is 225 g/mol. The summed E-state index contributed by atoms with van der Waals surface area (Å²) in [5.41, 5.74) is 0. The van der Waals surface area contributed by atoms with Crippen LogP contribution in [0.5, 0.6) is 0 Å². The van der Waals surface area contributed by atoms with Crippen molar-refractivity contribution >= 4 is 5.97 Å². The molecule has 0 heterocycles. The van der Waals surface area contributed by atoms with Crippen LogP contribution >= 0.6 is 0 Å². The van der Waals surface area contributed by atoms with Crippen LogP contribution < -0.4 is 5.32 Å². The summed E-state index contributed by atoms with van der Waals surface area (Å²) in [6.45, 7) is 4.17. The second-order valence-corrected chi connectivity index (χ2v) is 3.89. The molecule has 3 nitrogen and oxygen atoms in total. The zero-order valence-electron chi connectivity index (χ0n) is 10.6. The maximum absolute atomic E-state index is 11.5. The van der Waals surface area contributed by atoms with Crippen molar-refractivity contribution in [1.82, 2.24) is 5.32 Å². The van der Waals surface area contributed by atoms with Crippen molar-refractivity contribution in [3.8, 4) is 12.3 Å². The molecule has 2 unspecified atom stereocenters. The molecule has 16 heavy (non-hydrogen) atoms. The lowest BCUT2D eigenvalue weighted by molar-refractivity contribution is -0.143. The van der Waals surface area contributed by atoms with Crippen LogP contribution in [0.15, 0.2) is 0 Å². The van der Waals surface area contributed by atoms with E-state index in [1.807, 2.05) is 0 Å². The summed E-state index contributed by atoms with van der Waals surface area (Å²) in [6.07, 6.45) is 10.1. The monoisotopic (exact) mass is 225 g/mol. The number of rotatable bonds is 8.